The highest BCUT2D eigenvalue weighted by Crippen LogP contribution is 2.25. The molecule has 0 radical (unpaired) electrons. The molecule has 2 aromatic rings. The minimum atomic E-state index is -3.37. The van der Waals surface area contributed by atoms with Crippen LogP contribution in [0.2, 0.25) is 0 Å². The van der Waals surface area contributed by atoms with Crippen LogP contribution in [0.25, 0.3) is 11.1 Å². The Hall–Kier alpha value is -2.18. The second kappa shape index (κ2) is 6.75. The molecule has 6 heteroatoms. The van der Waals surface area contributed by atoms with Gasteiger partial charge in [-0.1, -0.05) is 24.3 Å². The summed E-state index contributed by atoms with van der Waals surface area (Å²) in [4.78, 5) is 11.4. The molecule has 0 bridgehead atoms. The van der Waals surface area contributed by atoms with Gasteiger partial charge in [0.15, 0.2) is 0 Å². The molecule has 0 saturated carbocycles. The van der Waals surface area contributed by atoms with Crippen LogP contribution in [-0.2, 0) is 14.8 Å². The van der Waals surface area contributed by atoms with E-state index in [9.17, 15) is 13.2 Å². The van der Waals surface area contributed by atoms with Crippen LogP contribution in [0.4, 0.5) is 5.69 Å². The molecule has 1 amide bonds. The van der Waals surface area contributed by atoms with E-state index in [1.165, 1.54) is 6.92 Å². The zero-order valence-electron chi connectivity index (χ0n) is 13.5. The minimum Gasteiger partial charge on any atom is -0.326 e. The number of hydrogen-bond donors (Lipinski definition) is 1. The monoisotopic (exact) mass is 344 g/mol. The van der Waals surface area contributed by atoms with Crippen molar-refractivity contribution >= 4 is 21.6 Å². The quantitative estimate of drug-likeness (QED) is 0.927. The van der Waals surface area contributed by atoms with Crippen LogP contribution in [0, 0.1) is 0 Å². The summed E-state index contributed by atoms with van der Waals surface area (Å²) in [5.41, 5.74) is 2.64. The highest BCUT2D eigenvalue weighted by atomic mass is 32.2. The van der Waals surface area contributed by atoms with Gasteiger partial charge in [0.05, 0.1) is 4.90 Å². The smallest absolute Gasteiger partial charge is 0.243 e. The number of carbonyl (C=O) groups is 1. The van der Waals surface area contributed by atoms with Gasteiger partial charge in [-0.2, -0.15) is 4.31 Å². The molecule has 0 aromatic heterocycles. The zero-order valence-corrected chi connectivity index (χ0v) is 14.3. The van der Waals surface area contributed by atoms with Crippen molar-refractivity contribution in [3.8, 4) is 11.1 Å². The Morgan fingerprint density at radius 1 is 0.917 bits per heavy atom. The molecule has 1 aliphatic rings. The van der Waals surface area contributed by atoms with Gasteiger partial charge < -0.3 is 5.32 Å². The molecule has 126 valence electrons. The normalized spacial score (nSPS) is 15.4. The summed E-state index contributed by atoms with van der Waals surface area (Å²) in [5, 5.41) is 2.72. The van der Waals surface area contributed by atoms with Crippen molar-refractivity contribution < 1.29 is 13.2 Å². The zero-order chi connectivity index (χ0) is 17.2. The first kappa shape index (κ1) is 16.7. The van der Waals surface area contributed by atoms with Crippen LogP contribution in [0.1, 0.15) is 19.8 Å². The van der Waals surface area contributed by atoms with Crippen LogP contribution >= 0.6 is 0 Å². The number of rotatable bonds is 4. The molecule has 1 saturated heterocycles. The van der Waals surface area contributed by atoms with E-state index in [0.717, 1.165) is 29.7 Å². The number of hydrogen-bond acceptors (Lipinski definition) is 3. The number of anilines is 1. The molecule has 1 fully saturated rings. The van der Waals surface area contributed by atoms with Crippen molar-refractivity contribution in [2.75, 3.05) is 18.4 Å². The topological polar surface area (TPSA) is 66.5 Å². The fraction of sp³-hybridized carbons (Fsp3) is 0.278. The third-order valence-corrected chi connectivity index (χ3v) is 6.01. The van der Waals surface area contributed by atoms with Gasteiger partial charge >= 0.3 is 0 Å². The predicted octanol–water partition coefficient (Wildman–Crippen LogP) is 3.10. The summed E-state index contributed by atoms with van der Waals surface area (Å²) in [6, 6.07) is 14.4. The van der Waals surface area contributed by atoms with Gasteiger partial charge in [0.25, 0.3) is 0 Å². The maximum atomic E-state index is 12.5. The first-order chi connectivity index (χ1) is 11.5. The SMILES string of the molecule is CC(=O)Nc1ccc(-c2ccc(S(=O)(=O)N3CCCC3)cc2)cc1. The molecule has 1 heterocycles. The van der Waals surface area contributed by atoms with Crippen LogP contribution in [0.5, 0.6) is 0 Å². The van der Waals surface area contributed by atoms with Crippen LogP contribution in [-0.4, -0.2) is 31.7 Å². The lowest BCUT2D eigenvalue weighted by Crippen LogP contribution is -2.27. The van der Waals surface area contributed by atoms with Gasteiger partial charge in [-0.05, 0) is 48.2 Å². The molecule has 24 heavy (non-hydrogen) atoms. The van der Waals surface area contributed by atoms with E-state index in [-0.39, 0.29) is 5.91 Å². The van der Waals surface area contributed by atoms with E-state index < -0.39 is 10.0 Å². The highest BCUT2D eigenvalue weighted by Gasteiger charge is 2.26. The second-order valence-corrected chi connectivity index (χ2v) is 7.83. The molecule has 0 atom stereocenters. The maximum absolute atomic E-state index is 12.5. The Labute approximate surface area is 142 Å². The second-order valence-electron chi connectivity index (χ2n) is 5.89. The summed E-state index contributed by atoms with van der Waals surface area (Å²) in [6.07, 6.45) is 1.86. The number of sulfonamides is 1. The molecule has 3 rings (SSSR count). The summed E-state index contributed by atoms with van der Waals surface area (Å²) >= 11 is 0. The Kier molecular flexibility index (Phi) is 4.69. The first-order valence-corrected chi connectivity index (χ1v) is 9.39. The molecule has 2 aromatic carbocycles. The van der Waals surface area contributed by atoms with Gasteiger partial charge in [-0.15, -0.1) is 0 Å². The molecule has 0 spiro atoms. The lowest BCUT2D eigenvalue weighted by molar-refractivity contribution is -0.114. The van der Waals surface area contributed by atoms with Crippen molar-refractivity contribution in [1.29, 1.82) is 0 Å². The maximum Gasteiger partial charge on any atom is 0.243 e. The summed E-state index contributed by atoms with van der Waals surface area (Å²) in [6.45, 7) is 2.68. The van der Waals surface area contributed by atoms with E-state index in [0.29, 0.717) is 18.0 Å². The van der Waals surface area contributed by atoms with Gasteiger partial charge in [-0.25, -0.2) is 8.42 Å². The standard InChI is InChI=1S/C18H20N2O3S/c1-14(21)19-17-8-4-15(5-9-17)16-6-10-18(11-7-16)24(22,23)20-12-2-3-13-20/h4-11H,2-3,12-13H2,1H3,(H,19,21). The number of nitrogens with zero attached hydrogens (tertiary/aromatic N) is 1. The van der Waals surface area contributed by atoms with Gasteiger partial charge in [0.1, 0.15) is 0 Å². The predicted molar refractivity (Wildman–Crippen MR) is 94.2 cm³/mol. The Morgan fingerprint density at radius 2 is 1.42 bits per heavy atom. The number of nitrogens with one attached hydrogen (secondary N) is 1. The molecular weight excluding hydrogens is 324 g/mol. The molecule has 0 unspecified atom stereocenters. The summed E-state index contributed by atoms with van der Waals surface area (Å²) < 4.78 is 26.6. The lowest BCUT2D eigenvalue weighted by Gasteiger charge is -2.15. The van der Waals surface area contributed by atoms with E-state index >= 15 is 0 Å². The molecule has 0 aliphatic carbocycles. The summed E-state index contributed by atoms with van der Waals surface area (Å²) in [7, 11) is -3.37. The van der Waals surface area contributed by atoms with Gasteiger partial charge in [0, 0.05) is 25.7 Å². The number of carbonyl (C=O) groups excluding carboxylic acids is 1. The third-order valence-electron chi connectivity index (χ3n) is 4.10. The average Bonchev–Trinajstić information content (AvgIpc) is 3.10. The van der Waals surface area contributed by atoms with E-state index in [1.807, 2.05) is 36.4 Å². The van der Waals surface area contributed by atoms with Crippen molar-refractivity contribution in [3.05, 3.63) is 48.5 Å². The van der Waals surface area contributed by atoms with Crippen molar-refractivity contribution in [3.63, 3.8) is 0 Å². The molecular formula is C18H20N2O3S. The Balaban J connectivity index is 1.80. The van der Waals surface area contributed by atoms with Gasteiger partial charge in [0.2, 0.25) is 15.9 Å². The van der Waals surface area contributed by atoms with Crippen LogP contribution < -0.4 is 5.32 Å². The highest BCUT2D eigenvalue weighted by molar-refractivity contribution is 7.89. The fourth-order valence-electron chi connectivity index (χ4n) is 2.85. The van der Waals surface area contributed by atoms with E-state index in [4.69, 9.17) is 0 Å². The first-order valence-electron chi connectivity index (χ1n) is 7.95. The van der Waals surface area contributed by atoms with Crippen LogP contribution in [0.3, 0.4) is 0 Å². The summed E-state index contributed by atoms with van der Waals surface area (Å²) in [5.74, 6) is -0.112. The van der Waals surface area contributed by atoms with E-state index in [1.54, 1.807) is 16.4 Å². The number of amides is 1. The minimum absolute atomic E-state index is 0.112. The van der Waals surface area contributed by atoms with E-state index in [2.05, 4.69) is 5.32 Å². The molecule has 1 aliphatic heterocycles. The van der Waals surface area contributed by atoms with Crippen LogP contribution in [0.15, 0.2) is 53.4 Å². The largest absolute Gasteiger partial charge is 0.326 e. The van der Waals surface area contributed by atoms with Crippen molar-refractivity contribution in [2.45, 2.75) is 24.7 Å². The van der Waals surface area contributed by atoms with Crippen molar-refractivity contribution in [1.82, 2.24) is 4.31 Å². The Morgan fingerprint density at radius 3 is 1.92 bits per heavy atom. The molecule has 1 N–H and O–H groups in total. The lowest BCUT2D eigenvalue weighted by atomic mass is 10.1. The molecule has 5 nitrogen and oxygen atoms in total. The van der Waals surface area contributed by atoms with Gasteiger partial charge in [-0.3, -0.25) is 4.79 Å². The fourth-order valence-corrected chi connectivity index (χ4v) is 4.36. The Bertz CT molecular complexity index is 822. The van der Waals surface area contributed by atoms with Crippen molar-refractivity contribution in [2.24, 2.45) is 0 Å². The third kappa shape index (κ3) is 3.49. The number of benzene rings is 2. The average molecular weight is 344 g/mol.